The molecule has 0 radical (unpaired) electrons. The molecule has 1 aliphatic rings. The van der Waals surface area contributed by atoms with Crippen LogP contribution in [0.15, 0.2) is 42.5 Å². The minimum absolute atomic E-state index is 0.0151. The lowest BCUT2D eigenvalue weighted by molar-refractivity contribution is -0.128. The molecule has 0 atom stereocenters. The van der Waals surface area contributed by atoms with Crippen LogP contribution in [-0.2, 0) is 33.2 Å². The van der Waals surface area contributed by atoms with Crippen molar-refractivity contribution in [3.05, 3.63) is 57.8 Å². The Bertz CT molecular complexity index is 899. The number of carbonyl (C=O) groups excluding carboxylic acids is 1. The molecule has 28 heavy (non-hydrogen) atoms. The molecule has 7 heteroatoms. The second kappa shape index (κ2) is 8.76. The summed E-state index contributed by atoms with van der Waals surface area (Å²) in [6.45, 7) is 5.04. The maximum Gasteiger partial charge on any atom is 0.231 e. The summed E-state index contributed by atoms with van der Waals surface area (Å²) in [5.41, 5.74) is 0.271. The Labute approximate surface area is 171 Å². The summed E-state index contributed by atoms with van der Waals surface area (Å²) in [4.78, 5) is 15.8. The quantitative estimate of drug-likeness (QED) is 0.747. The number of aryl methyl sites for hydroxylation is 1. The molecule has 1 aromatic heterocycles. The Morgan fingerprint density at radius 3 is 2.29 bits per heavy atom. The van der Waals surface area contributed by atoms with Gasteiger partial charge in [-0.1, -0.05) is 37.3 Å². The van der Waals surface area contributed by atoms with E-state index in [9.17, 15) is 13.2 Å². The minimum atomic E-state index is -3.23. The monoisotopic (exact) mass is 420 g/mol. The van der Waals surface area contributed by atoms with E-state index in [1.807, 2.05) is 30.3 Å². The maximum absolute atomic E-state index is 13.3. The molecule has 1 aromatic carbocycles. The molecule has 152 valence electrons. The number of thiophene rings is 1. The van der Waals surface area contributed by atoms with E-state index in [4.69, 9.17) is 0 Å². The molecule has 0 bridgehead atoms. The van der Waals surface area contributed by atoms with Crippen LogP contribution in [0.3, 0.4) is 0 Å². The van der Waals surface area contributed by atoms with Crippen LogP contribution in [0.1, 0.15) is 42.0 Å². The van der Waals surface area contributed by atoms with E-state index in [2.05, 4.69) is 24.4 Å². The maximum atomic E-state index is 13.3. The zero-order valence-electron chi connectivity index (χ0n) is 16.5. The van der Waals surface area contributed by atoms with Gasteiger partial charge in [-0.25, -0.2) is 12.7 Å². The Hall–Kier alpha value is -1.70. The van der Waals surface area contributed by atoms with Crippen molar-refractivity contribution < 1.29 is 13.2 Å². The Balaban J connectivity index is 1.79. The fourth-order valence-electron chi connectivity index (χ4n) is 3.78. The lowest BCUT2D eigenvalue weighted by atomic mass is 9.72. The first-order valence-corrected chi connectivity index (χ1v) is 12.2. The van der Waals surface area contributed by atoms with E-state index in [1.54, 1.807) is 18.3 Å². The summed E-state index contributed by atoms with van der Waals surface area (Å²) < 4.78 is 26.0. The van der Waals surface area contributed by atoms with Crippen LogP contribution >= 0.6 is 11.3 Å². The number of nitrogens with zero attached hydrogens (tertiary/aromatic N) is 1. The van der Waals surface area contributed by atoms with Crippen LogP contribution in [0.2, 0.25) is 0 Å². The zero-order chi connectivity index (χ0) is 20.2. The highest BCUT2D eigenvalue weighted by Gasteiger charge is 2.44. The molecule has 0 unspecified atom stereocenters. The molecule has 2 aromatic rings. The molecular weight excluding hydrogens is 392 g/mol. The fourth-order valence-corrected chi connectivity index (χ4v) is 5.78. The summed E-state index contributed by atoms with van der Waals surface area (Å²) in [7, 11) is -3.23. The third-order valence-corrected chi connectivity index (χ3v) is 8.70. The highest BCUT2D eigenvalue weighted by Crippen LogP contribution is 2.37. The number of rotatable bonds is 7. The van der Waals surface area contributed by atoms with E-state index in [-0.39, 0.29) is 11.7 Å². The second-order valence-corrected chi connectivity index (χ2v) is 10.7. The van der Waals surface area contributed by atoms with Crippen molar-refractivity contribution >= 4 is 27.3 Å². The average Bonchev–Trinajstić information content (AvgIpc) is 3.20. The standard InChI is InChI=1S/C21H28N2O3S2/c1-3-18-10-11-19(27-18)16-22-20(24)21(17-8-6-5-7-9-17)12-14-23(15-13-21)28(25,26)4-2/h5-11H,3-4,12-16H2,1-2H3,(H,22,24). The van der Waals surface area contributed by atoms with E-state index in [0.29, 0.717) is 32.5 Å². The molecule has 0 spiro atoms. The van der Waals surface area contributed by atoms with Crippen molar-refractivity contribution in [2.24, 2.45) is 0 Å². The van der Waals surface area contributed by atoms with Gasteiger partial charge in [-0.2, -0.15) is 0 Å². The van der Waals surface area contributed by atoms with Crippen LogP contribution in [0.25, 0.3) is 0 Å². The highest BCUT2D eigenvalue weighted by molar-refractivity contribution is 7.89. The first kappa shape index (κ1) is 21.0. The summed E-state index contributed by atoms with van der Waals surface area (Å²) >= 11 is 1.72. The SMILES string of the molecule is CCc1ccc(CNC(=O)C2(c3ccccc3)CCN(S(=O)(=O)CC)CC2)s1. The Kier molecular flexibility index (Phi) is 6.58. The van der Waals surface area contributed by atoms with Gasteiger partial charge in [0.05, 0.1) is 17.7 Å². The molecule has 1 N–H and O–H groups in total. The van der Waals surface area contributed by atoms with E-state index < -0.39 is 15.4 Å². The largest absolute Gasteiger partial charge is 0.350 e. The van der Waals surface area contributed by atoms with E-state index in [1.165, 1.54) is 9.18 Å². The summed E-state index contributed by atoms with van der Waals surface area (Å²) in [5, 5.41) is 3.12. The molecule has 3 rings (SSSR count). The first-order chi connectivity index (χ1) is 13.4. The number of hydrogen-bond donors (Lipinski definition) is 1. The number of nitrogens with one attached hydrogen (secondary N) is 1. The smallest absolute Gasteiger partial charge is 0.231 e. The summed E-state index contributed by atoms with van der Waals surface area (Å²) in [6.07, 6.45) is 1.98. The summed E-state index contributed by atoms with van der Waals surface area (Å²) in [6, 6.07) is 13.9. The molecule has 1 fully saturated rings. The van der Waals surface area contributed by atoms with E-state index in [0.717, 1.165) is 16.9 Å². The normalized spacial score (nSPS) is 17.4. The minimum Gasteiger partial charge on any atom is -0.350 e. The molecular formula is C21H28N2O3S2. The average molecular weight is 421 g/mol. The summed E-state index contributed by atoms with van der Waals surface area (Å²) in [5.74, 6) is 0.0778. The van der Waals surface area contributed by atoms with Crippen LogP contribution < -0.4 is 5.32 Å². The zero-order valence-corrected chi connectivity index (χ0v) is 18.1. The van der Waals surface area contributed by atoms with Gasteiger partial charge in [0.1, 0.15) is 0 Å². The van der Waals surface area contributed by atoms with Gasteiger partial charge < -0.3 is 5.32 Å². The molecule has 2 heterocycles. The molecule has 1 aliphatic heterocycles. The van der Waals surface area contributed by atoms with Gasteiger partial charge in [-0.3, -0.25) is 4.79 Å². The van der Waals surface area contributed by atoms with Crippen molar-refractivity contribution in [1.29, 1.82) is 0 Å². The number of amides is 1. The molecule has 1 amide bonds. The Morgan fingerprint density at radius 2 is 1.71 bits per heavy atom. The lowest BCUT2D eigenvalue weighted by Gasteiger charge is -2.40. The van der Waals surface area contributed by atoms with Crippen molar-refractivity contribution in [2.45, 2.75) is 45.1 Å². The third-order valence-electron chi connectivity index (χ3n) is 5.58. The predicted molar refractivity (Wildman–Crippen MR) is 114 cm³/mol. The van der Waals surface area contributed by atoms with Crippen LogP contribution in [0.4, 0.5) is 0 Å². The molecule has 1 saturated heterocycles. The van der Waals surface area contributed by atoms with Crippen molar-refractivity contribution in [1.82, 2.24) is 9.62 Å². The van der Waals surface area contributed by atoms with Gasteiger partial charge in [0.15, 0.2) is 0 Å². The Morgan fingerprint density at radius 1 is 1.07 bits per heavy atom. The predicted octanol–water partition coefficient (Wildman–Crippen LogP) is 3.31. The number of benzene rings is 1. The van der Waals surface area contributed by atoms with Gasteiger partial charge >= 0.3 is 0 Å². The fraction of sp³-hybridized carbons (Fsp3) is 0.476. The number of sulfonamides is 1. The van der Waals surface area contributed by atoms with Crippen LogP contribution in [-0.4, -0.2) is 37.5 Å². The molecule has 0 saturated carbocycles. The highest BCUT2D eigenvalue weighted by atomic mass is 32.2. The number of piperidine rings is 1. The molecule has 5 nitrogen and oxygen atoms in total. The third kappa shape index (κ3) is 4.31. The van der Waals surface area contributed by atoms with Gasteiger partial charge in [0, 0.05) is 22.8 Å². The van der Waals surface area contributed by atoms with E-state index >= 15 is 0 Å². The van der Waals surface area contributed by atoms with Gasteiger partial charge in [0.2, 0.25) is 15.9 Å². The van der Waals surface area contributed by atoms with Crippen molar-refractivity contribution in [2.75, 3.05) is 18.8 Å². The second-order valence-electron chi connectivity index (χ2n) is 7.15. The van der Waals surface area contributed by atoms with Crippen molar-refractivity contribution in [3.63, 3.8) is 0 Å². The van der Waals surface area contributed by atoms with Crippen molar-refractivity contribution in [3.8, 4) is 0 Å². The number of carbonyl (C=O) groups is 1. The molecule has 0 aliphatic carbocycles. The topological polar surface area (TPSA) is 66.5 Å². The van der Waals surface area contributed by atoms with Crippen LogP contribution in [0, 0.1) is 0 Å². The van der Waals surface area contributed by atoms with Gasteiger partial charge in [-0.05, 0) is 43.9 Å². The van der Waals surface area contributed by atoms with Gasteiger partial charge in [-0.15, -0.1) is 11.3 Å². The van der Waals surface area contributed by atoms with Crippen LogP contribution in [0.5, 0.6) is 0 Å². The first-order valence-electron chi connectivity index (χ1n) is 9.80. The lowest BCUT2D eigenvalue weighted by Crippen LogP contribution is -2.52. The number of hydrogen-bond acceptors (Lipinski definition) is 4. The van der Waals surface area contributed by atoms with Gasteiger partial charge in [0.25, 0.3) is 0 Å².